The molecule has 0 spiro atoms. The van der Waals surface area contributed by atoms with Crippen molar-refractivity contribution in [2.45, 2.75) is 32.6 Å². The van der Waals surface area contributed by atoms with Crippen LogP contribution in [0, 0.1) is 0 Å². The first-order valence-electron chi connectivity index (χ1n) is 6.78. The average Bonchev–Trinajstić information content (AvgIpc) is 2.43. The number of fused-ring (bicyclic) bond motifs is 1. The van der Waals surface area contributed by atoms with E-state index >= 15 is 0 Å². The monoisotopic (exact) mass is 259 g/mol. The molecule has 102 valence electrons. The van der Waals surface area contributed by atoms with E-state index in [4.69, 9.17) is 4.74 Å². The van der Waals surface area contributed by atoms with Gasteiger partial charge >= 0.3 is 0 Å². The van der Waals surface area contributed by atoms with Gasteiger partial charge in [-0.2, -0.15) is 0 Å². The van der Waals surface area contributed by atoms with Crippen LogP contribution in [0.3, 0.4) is 0 Å². The summed E-state index contributed by atoms with van der Waals surface area (Å²) in [7, 11) is 0. The smallest absolute Gasteiger partial charge is 0.176 e. The summed E-state index contributed by atoms with van der Waals surface area (Å²) < 4.78 is 5.93. The molecule has 0 aliphatic carbocycles. The molecule has 2 N–H and O–H groups in total. The van der Waals surface area contributed by atoms with Crippen LogP contribution in [0.25, 0.3) is 10.8 Å². The normalized spacial score (nSPS) is 14.3. The maximum absolute atomic E-state index is 9.78. The third kappa shape index (κ3) is 3.46. The molecule has 0 saturated carbocycles. The Kier molecular flexibility index (Phi) is 4.77. The van der Waals surface area contributed by atoms with Crippen LogP contribution < -0.4 is 10.1 Å². The van der Waals surface area contributed by atoms with Crippen molar-refractivity contribution in [2.75, 3.05) is 6.54 Å². The third-order valence-corrected chi connectivity index (χ3v) is 3.04. The molecule has 3 heteroatoms. The zero-order valence-electron chi connectivity index (χ0n) is 11.5. The van der Waals surface area contributed by atoms with Gasteiger partial charge < -0.3 is 9.84 Å². The summed E-state index contributed by atoms with van der Waals surface area (Å²) in [6.07, 6.45) is 0.0542. The van der Waals surface area contributed by atoms with Crippen LogP contribution >= 0.6 is 0 Å². The fourth-order valence-electron chi connectivity index (χ4n) is 2.03. The molecule has 0 aliphatic heterocycles. The molecule has 2 aromatic carbocycles. The van der Waals surface area contributed by atoms with E-state index in [-0.39, 0.29) is 6.23 Å². The Morgan fingerprint density at radius 1 is 1.16 bits per heavy atom. The van der Waals surface area contributed by atoms with Crippen molar-refractivity contribution in [1.29, 1.82) is 0 Å². The van der Waals surface area contributed by atoms with E-state index in [0.29, 0.717) is 0 Å². The Morgan fingerprint density at radius 3 is 2.63 bits per heavy atom. The number of aliphatic hydroxyl groups excluding tert-OH is 1. The minimum Gasteiger partial charge on any atom is -0.472 e. The minimum atomic E-state index is -0.564. The molecule has 0 aromatic heterocycles. The number of aliphatic hydroxyl groups is 1. The molecule has 2 rings (SSSR count). The largest absolute Gasteiger partial charge is 0.472 e. The Morgan fingerprint density at radius 2 is 1.89 bits per heavy atom. The summed E-state index contributed by atoms with van der Waals surface area (Å²) in [4.78, 5) is 0. The van der Waals surface area contributed by atoms with Gasteiger partial charge in [-0.05, 0) is 31.3 Å². The second-order valence-electron chi connectivity index (χ2n) is 4.71. The molecular formula is C16H21NO2. The molecule has 0 saturated heterocycles. The lowest BCUT2D eigenvalue weighted by Gasteiger charge is -2.23. The molecule has 2 atom stereocenters. The molecule has 0 fully saturated rings. The van der Waals surface area contributed by atoms with Crippen molar-refractivity contribution < 1.29 is 9.84 Å². The van der Waals surface area contributed by atoms with E-state index in [1.165, 1.54) is 0 Å². The Labute approximate surface area is 114 Å². The van der Waals surface area contributed by atoms with Crippen LogP contribution in [0.2, 0.25) is 0 Å². The second kappa shape index (κ2) is 6.55. The molecule has 2 unspecified atom stereocenters. The van der Waals surface area contributed by atoms with Crippen LogP contribution in [0.15, 0.2) is 42.5 Å². The molecule has 0 aliphatic rings. The van der Waals surface area contributed by atoms with Crippen LogP contribution in [0.4, 0.5) is 0 Å². The first kappa shape index (κ1) is 13.8. The Bertz CT molecular complexity index is 520. The van der Waals surface area contributed by atoms with Gasteiger partial charge in [0.05, 0.1) is 0 Å². The Hall–Kier alpha value is -1.58. The average molecular weight is 259 g/mol. The summed E-state index contributed by atoms with van der Waals surface area (Å²) >= 11 is 0. The predicted octanol–water partition coefficient (Wildman–Crippen LogP) is 2.93. The molecule has 2 aromatic rings. The fraction of sp³-hybridized carbons (Fsp3) is 0.375. The molecular weight excluding hydrogens is 238 g/mol. The molecule has 0 amide bonds. The summed E-state index contributed by atoms with van der Waals surface area (Å²) in [6, 6.07) is 14.0. The third-order valence-electron chi connectivity index (χ3n) is 3.04. The van der Waals surface area contributed by atoms with Crippen molar-refractivity contribution >= 4 is 10.8 Å². The lowest BCUT2D eigenvalue weighted by atomic mass is 10.1. The van der Waals surface area contributed by atoms with Gasteiger partial charge in [-0.3, -0.25) is 5.32 Å². The quantitative estimate of drug-likeness (QED) is 0.784. The van der Waals surface area contributed by atoms with Crippen LogP contribution in [-0.4, -0.2) is 24.0 Å². The highest BCUT2D eigenvalue weighted by Crippen LogP contribution is 2.26. The van der Waals surface area contributed by atoms with Crippen molar-refractivity contribution in [3.8, 4) is 5.75 Å². The first-order chi connectivity index (χ1) is 9.22. The van der Waals surface area contributed by atoms with Crippen molar-refractivity contribution in [2.24, 2.45) is 0 Å². The molecule has 0 bridgehead atoms. The lowest BCUT2D eigenvalue weighted by Crippen LogP contribution is -2.43. The number of ether oxygens (including phenoxy) is 1. The number of nitrogens with one attached hydrogen (secondary N) is 1. The minimum absolute atomic E-state index is 0.384. The van der Waals surface area contributed by atoms with Gasteiger partial charge in [0.2, 0.25) is 0 Å². The topological polar surface area (TPSA) is 41.5 Å². The maximum Gasteiger partial charge on any atom is 0.176 e. The summed E-state index contributed by atoms with van der Waals surface area (Å²) in [5.41, 5.74) is 0. The van der Waals surface area contributed by atoms with Gasteiger partial charge in [0, 0.05) is 5.39 Å². The summed E-state index contributed by atoms with van der Waals surface area (Å²) in [5, 5.41) is 15.2. The highest BCUT2D eigenvalue weighted by atomic mass is 16.5. The standard InChI is InChI=1S/C16H21NO2/c1-3-11-17-16(12(2)18)19-15-10-6-8-13-7-4-5-9-14(13)15/h4-10,12,16-18H,3,11H2,1-2H3. The summed E-state index contributed by atoms with van der Waals surface area (Å²) in [5.74, 6) is 0.799. The molecule has 3 nitrogen and oxygen atoms in total. The second-order valence-corrected chi connectivity index (χ2v) is 4.71. The van der Waals surface area contributed by atoms with Crippen molar-refractivity contribution in [3.05, 3.63) is 42.5 Å². The fourth-order valence-corrected chi connectivity index (χ4v) is 2.03. The highest BCUT2D eigenvalue weighted by Gasteiger charge is 2.16. The van der Waals surface area contributed by atoms with Gasteiger partial charge in [0.1, 0.15) is 11.9 Å². The Balaban J connectivity index is 2.23. The van der Waals surface area contributed by atoms with Crippen LogP contribution in [0.5, 0.6) is 5.75 Å². The number of hydrogen-bond donors (Lipinski definition) is 2. The van der Waals surface area contributed by atoms with Gasteiger partial charge in [-0.1, -0.05) is 43.3 Å². The van der Waals surface area contributed by atoms with Gasteiger partial charge in [0.15, 0.2) is 6.23 Å². The first-order valence-corrected chi connectivity index (χ1v) is 6.78. The highest BCUT2D eigenvalue weighted by molar-refractivity contribution is 5.88. The van der Waals surface area contributed by atoms with E-state index in [9.17, 15) is 5.11 Å². The van der Waals surface area contributed by atoms with Gasteiger partial charge in [0.25, 0.3) is 0 Å². The van der Waals surface area contributed by atoms with Crippen LogP contribution in [0.1, 0.15) is 20.3 Å². The zero-order valence-corrected chi connectivity index (χ0v) is 11.5. The molecule has 19 heavy (non-hydrogen) atoms. The SMILES string of the molecule is CCCNC(Oc1cccc2ccccc12)C(C)O. The maximum atomic E-state index is 9.78. The lowest BCUT2D eigenvalue weighted by molar-refractivity contribution is 0.0282. The van der Waals surface area contributed by atoms with E-state index in [2.05, 4.69) is 24.4 Å². The van der Waals surface area contributed by atoms with E-state index < -0.39 is 6.10 Å². The van der Waals surface area contributed by atoms with E-state index in [1.54, 1.807) is 6.92 Å². The molecule has 0 radical (unpaired) electrons. The number of hydrogen-bond acceptors (Lipinski definition) is 3. The van der Waals surface area contributed by atoms with Gasteiger partial charge in [-0.25, -0.2) is 0 Å². The summed E-state index contributed by atoms with van der Waals surface area (Å²) in [6.45, 7) is 4.64. The van der Waals surface area contributed by atoms with Gasteiger partial charge in [-0.15, -0.1) is 0 Å². The van der Waals surface area contributed by atoms with Crippen LogP contribution in [-0.2, 0) is 0 Å². The van der Waals surface area contributed by atoms with E-state index in [1.807, 2.05) is 30.3 Å². The van der Waals surface area contributed by atoms with Crippen molar-refractivity contribution in [1.82, 2.24) is 5.32 Å². The number of rotatable bonds is 6. The predicted molar refractivity (Wildman–Crippen MR) is 78.3 cm³/mol. The van der Waals surface area contributed by atoms with E-state index in [0.717, 1.165) is 29.5 Å². The molecule has 0 heterocycles. The van der Waals surface area contributed by atoms with Crippen molar-refractivity contribution in [3.63, 3.8) is 0 Å². The zero-order chi connectivity index (χ0) is 13.7. The number of benzene rings is 2.